The van der Waals surface area contributed by atoms with Gasteiger partial charge in [0.05, 0.1) is 0 Å². The fourth-order valence-electron chi connectivity index (χ4n) is 0.994. The van der Waals surface area contributed by atoms with E-state index in [9.17, 15) is 18.0 Å². The Hall–Kier alpha value is -1.52. The summed E-state index contributed by atoms with van der Waals surface area (Å²) in [5.41, 5.74) is -0.539. The average molecular weight is 204 g/mol. The molecule has 1 N–H and O–H groups in total. The molecule has 14 heavy (non-hydrogen) atoms. The fourth-order valence-corrected chi connectivity index (χ4v) is 0.994. The molecule has 0 unspecified atom stereocenters. The zero-order valence-electron chi connectivity index (χ0n) is 7.01. The van der Waals surface area contributed by atoms with Crippen LogP contribution in [0.15, 0.2) is 18.2 Å². The summed E-state index contributed by atoms with van der Waals surface area (Å²) in [4.78, 5) is 10.1. The molecule has 0 saturated heterocycles. The molecule has 0 aliphatic heterocycles. The van der Waals surface area contributed by atoms with Crippen molar-refractivity contribution in [2.45, 2.75) is 12.6 Å². The molecule has 0 radical (unpaired) electrons. The van der Waals surface area contributed by atoms with E-state index in [0.717, 1.165) is 18.2 Å². The van der Waals surface area contributed by atoms with Crippen LogP contribution in [0, 0.1) is 11.6 Å². The normalized spacial score (nSPS) is 12.5. The van der Waals surface area contributed by atoms with Crippen molar-refractivity contribution in [2.24, 2.45) is 0 Å². The second-order valence-corrected chi connectivity index (χ2v) is 2.71. The Balaban J connectivity index is 2.91. The number of rotatable bonds is 3. The van der Waals surface area contributed by atoms with Gasteiger partial charge >= 0.3 is 5.97 Å². The van der Waals surface area contributed by atoms with Gasteiger partial charge in [0, 0.05) is 12.0 Å². The van der Waals surface area contributed by atoms with E-state index in [4.69, 9.17) is 5.11 Å². The zero-order chi connectivity index (χ0) is 10.7. The van der Waals surface area contributed by atoms with E-state index in [0.29, 0.717) is 0 Å². The standard InChI is InChI=1S/C9H7F3O2/c10-6-2-1-3-7(11)5(6)4-8(12)9(13)14/h1-3,8H,4H2,(H,13,14)/t8-/m0/s1. The van der Waals surface area contributed by atoms with Gasteiger partial charge in [-0.1, -0.05) is 6.07 Å². The Bertz CT molecular complexity index is 332. The van der Waals surface area contributed by atoms with Crippen LogP contribution >= 0.6 is 0 Å². The van der Waals surface area contributed by atoms with E-state index in [1.54, 1.807) is 0 Å². The number of halogens is 3. The highest BCUT2D eigenvalue weighted by Gasteiger charge is 2.20. The third kappa shape index (κ3) is 2.25. The molecule has 0 saturated carbocycles. The summed E-state index contributed by atoms with van der Waals surface area (Å²) in [7, 11) is 0. The number of benzene rings is 1. The molecule has 1 rings (SSSR count). The van der Waals surface area contributed by atoms with Crippen LogP contribution in [-0.2, 0) is 11.2 Å². The first kappa shape index (κ1) is 10.6. The van der Waals surface area contributed by atoms with Gasteiger partial charge in [0.25, 0.3) is 0 Å². The largest absolute Gasteiger partial charge is 0.479 e. The Labute approximate surface area is 78.0 Å². The maximum absolute atomic E-state index is 12.9. The summed E-state index contributed by atoms with van der Waals surface area (Å²) in [6, 6.07) is 3.03. The van der Waals surface area contributed by atoms with Gasteiger partial charge < -0.3 is 5.11 Å². The minimum atomic E-state index is -2.29. The molecule has 0 aliphatic carbocycles. The first-order valence-corrected chi connectivity index (χ1v) is 3.82. The highest BCUT2D eigenvalue weighted by atomic mass is 19.1. The van der Waals surface area contributed by atoms with E-state index in [1.165, 1.54) is 0 Å². The summed E-state index contributed by atoms with van der Waals surface area (Å²) in [5.74, 6) is -3.60. The Morgan fingerprint density at radius 2 is 1.86 bits per heavy atom. The second-order valence-electron chi connectivity index (χ2n) is 2.71. The van der Waals surface area contributed by atoms with Gasteiger partial charge in [-0.15, -0.1) is 0 Å². The van der Waals surface area contributed by atoms with Gasteiger partial charge in [0.2, 0.25) is 6.17 Å². The number of carbonyl (C=O) groups is 1. The van der Waals surface area contributed by atoms with Gasteiger partial charge in [-0.05, 0) is 12.1 Å². The lowest BCUT2D eigenvalue weighted by molar-refractivity contribution is -0.142. The van der Waals surface area contributed by atoms with Crippen LogP contribution in [0.4, 0.5) is 13.2 Å². The first-order valence-electron chi connectivity index (χ1n) is 3.82. The van der Waals surface area contributed by atoms with Gasteiger partial charge in [0.1, 0.15) is 11.6 Å². The average Bonchev–Trinajstić information content (AvgIpc) is 2.11. The summed E-state index contributed by atoms with van der Waals surface area (Å²) in [6.45, 7) is 0. The van der Waals surface area contributed by atoms with Crippen LogP contribution in [0.2, 0.25) is 0 Å². The van der Waals surface area contributed by atoms with Crippen LogP contribution in [0.3, 0.4) is 0 Å². The highest BCUT2D eigenvalue weighted by molar-refractivity contribution is 5.72. The molecule has 1 aromatic carbocycles. The van der Waals surface area contributed by atoms with Crippen LogP contribution in [-0.4, -0.2) is 17.2 Å². The van der Waals surface area contributed by atoms with Gasteiger partial charge in [-0.2, -0.15) is 0 Å². The van der Waals surface area contributed by atoms with Crippen LogP contribution in [0.5, 0.6) is 0 Å². The molecule has 0 aliphatic rings. The number of alkyl halides is 1. The number of carboxylic acid groups (broad SMARTS) is 1. The Morgan fingerprint density at radius 1 is 1.36 bits per heavy atom. The summed E-state index contributed by atoms with van der Waals surface area (Å²) in [6.07, 6.45) is -3.09. The third-order valence-corrected chi connectivity index (χ3v) is 1.71. The number of hydrogen-bond donors (Lipinski definition) is 1. The van der Waals surface area contributed by atoms with Crippen molar-refractivity contribution in [3.05, 3.63) is 35.4 Å². The van der Waals surface area contributed by atoms with Gasteiger partial charge in [0.15, 0.2) is 0 Å². The predicted octanol–water partition coefficient (Wildman–Crippen LogP) is 1.93. The van der Waals surface area contributed by atoms with E-state index >= 15 is 0 Å². The minimum absolute atomic E-state index is 0.539. The number of carboxylic acids is 1. The Kier molecular flexibility index (Phi) is 3.11. The van der Waals surface area contributed by atoms with Gasteiger partial charge in [-0.3, -0.25) is 0 Å². The fraction of sp³-hybridized carbons (Fsp3) is 0.222. The molecule has 76 valence electrons. The summed E-state index contributed by atoms with van der Waals surface area (Å²) < 4.78 is 38.4. The molecule has 0 amide bonds. The van der Waals surface area contributed by atoms with E-state index in [2.05, 4.69) is 0 Å². The molecular weight excluding hydrogens is 197 g/mol. The predicted molar refractivity (Wildman–Crippen MR) is 42.6 cm³/mol. The molecule has 5 heteroatoms. The quantitative estimate of drug-likeness (QED) is 0.816. The van der Waals surface area contributed by atoms with E-state index in [-0.39, 0.29) is 0 Å². The molecular formula is C9H7F3O2. The monoisotopic (exact) mass is 204 g/mol. The second kappa shape index (κ2) is 4.13. The lowest BCUT2D eigenvalue weighted by Crippen LogP contribution is -2.18. The van der Waals surface area contributed by atoms with Crippen LogP contribution in [0.25, 0.3) is 0 Å². The van der Waals surface area contributed by atoms with Gasteiger partial charge in [-0.25, -0.2) is 18.0 Å². The van der Waals surface area contributed by atoms with Crippen molar-refractivity contribution in [1.82, 2.24) is 0 Å². The van der Waals surface area contributed by atoms with Crippen molar-refractivity contribution >= 4 is 5.97 Å². The summed E-state index contributed by atoms with van der Waals surface area (Å²) in [5, 5.41) is 8.21. The van der Waals surface area contributed by atoms with E-state index < -0.39 is 35.8 Å². The van der Waals surface area contributed by atoms with Crippen molar-refractivity contribution in [3.63, 3.8) is 0 Å². The van der Waals surface area contributed by atoms with Crippen molar-refractivity contribution in [3.8, 4) is 0 Å². The number of aliphatic carboxylic acids is 1. The molecule has 0 bridgehead atoms. The molecule has 0 heterocycles. The van der Waals surface area contributed by atoms with Crippen molar-refractivity contribution < 1.29 is 23.1 Å². The lowest BCUT2D eigenvalue weighted by atomic mass is 10.1. The SMILES string of the molecule is O=C(O)[C@@H](F)Cc1c(F)cccc1F. The molecule has 2 nitrogen and oxygen atoms in total. The third-order valence-electron chi connectivity index (χ3n) is 1.71. The zero-order valence-corrected chi connectivity index (χ0v) is 7.01. The first-order chi connectivity index (χ1) is 6.52. The summed E-state index contributed by atoms with van der Waals surface area (Å²) >= 11 is 0. The lowest BCUT2D eigenvalue weighted by Gasteiger charge is -2.05. The molecule has 0 fully saturated rings. The van der Waals surface area contributed by atoms with E-state index in [1.807, 2.05) is 0 Å². The maximum Gasteiger partial charge on any atom is 0.338 e. The maximum atomic E-state index is 12.9. The molecule has 0 aromatic heterocycles. The highest BCUT2D eigenvalue weighted by Crippen LogP contribution is 2.15. The van der Waals surface area contributed by atoms with Crippen molar-refractivity contribution in [1.29, 1.82) is 0 Å². The molecule has 0 spiro atoms. The molecule has 1 atom stereocenters. The number of hydrogen-bond acceptors (Lipinski definition) is 1. The minimum Gasteiger partial charge on any atom is -0.479 e. The van der Waals surface area contributed by atoms with Crippen LogP contribution in [0.1, 0.15) is 5.56 Å². The smallest absolute Gasteiger partial charge is 0.338 e. The van der Waals surface area contributed by atoms with Crippen molar-refractivity contribution in [2.75, 3.05) is 0 Å². The van der Waals surface area contributed by atoms with Crippen LogP contribution < -0.4 is 0 Å². The topological polar surface area (TPSA) is 37.3 Å². The molecule has 1 aromatic rings. The Morgan fingerprint density at radius 3 is 2.29 bits per heavy atom.